The van der Waals surface area contributed by atoms with Crippen LogP contribution in [0.15, 0.2) is 24.5 Å². The molecule has 0 radical (unpaired) electrons. The van der Waals surface area contributed by atoms with Crippen LogP contribution in [-0.4, -0.2) is 69.9 Å². The van der Waals surface area contributed by atoms with Crippen LogP contribution in [0, 0.1) is 0 Å². The summed E-state index contributed by atoms with van der Waals surface area (Å²) in [5, 5.41) is 0. The average molecular weight is 543 g/mol. The van der Waals surface area contributed by atoms with E-state index in [0.717, 1.165) is 31.5 Å². The van der Waals surface area contributed by atoms with E-state index in [9.17, 15) is 18.0 Å². The number of rotatable bonds is 6. The molecule has 2 aliphatic heterocycles. The molecular weight excluding hydrogens is 508 g/mol. The second kappa shape index (κ2) is 11.6. The van der Waals surface area contributed by atoms with Gasteiger partial charge in [0.25, 0.3) is 0 Å². The van der Waals surface area contributed by atoms with E-state index in [0.29, 0.717) is 19.0 Å². The molecule has 0 bridgehead atoms. The molecule has 38 heavy (non-hydrogen) atoms. The molecule has 1 unspecified atom stereocenters. The Bertz CT molecular complexity index is 1100. The van der Waals surface area contributed by atoms with Crippen LogP contribution >= 0.6 is 0 Å². The zero-order valence-electron chi connectivity index (χ0n) is 21.8. The van der Waals surface area contributed by atoms with Crippen molar-refractivity contribution in [2.45, 2.75) is 83.2 Å². The largest absolute Gasteiger partial charge is 0.444 e. The van der Waals surface area contributed by atoms with Gasteiger partial charge in [-0.15, -0.1) is 0 Å². The lowest BCUT2D eigenvalue weighted by atomic mass is 9.94. The Balaban J connectivity index is 1.55. The molecule has 2 aromatic heterocycles. The Morgan fingerprint density at radius 2 is 2.00 bits per heavy atom. The Labute approximate surface area is 219 Å². The average Bonchev–Trinajstić information content (AvgIpc) is 3.27. The fraction of sp³-hybridized carbons (Fsp3) is 0.654. The number of halogens is 4. The van der Waals surface area contributed by atoms with Gasteiger partial charge in [0, 0.05) is 37.7 Å². The molecule has 3 atom stereocenters. The number of hydrogen-bond acceptors (Lipinski definition) is 6. The van der Waals surface area contributed by atoms with Gasteiger partial charge in [0.1, 0.15) is 23.3 Å². The lowest BCUT2D eigenvalue weighted by Gasteiger charge is -2.35. The number of imidazole rings is 1. The van der Waals surface area contributed by atoms with Gasteiger partial charge in [-0.3, -0.25) is 4.98 Å². The lowest BCUT2D eigenvalue weighted by molar-refractivity contribution is -0.163. The maximum absolute atomic E-state index is 15.5. The van der Waals surface area contributed by atoms with Crippen molar-refractivity contribution in [3.05, 3.63) is 36.0 Å². The maximum atomic E-state index is 15.5. The van der Waals surface area contributed by atoms with Gasteiger partial charge in [-0.2, -0.15) is 13.2 Å². The van der Waals surface area contributed by atoms with E-state index in [2.05, 4.69) is 9.97 Å². The first-order chi connectivity index (χ1) is 17.9. The zero-order chi connectivity index (χ0) is 27.5. The minimum atomic E-state index is -4.60. The zero-order valence-corrected chi connectivity index (χ0v) is 21.8. The second-order valence-electron chi connectivity index (χ2n) is 10.6. The number of carbonyl (C=O) groups is 1. The highest BCUT2D eigenvalue weighted by Gasteiger charge is 2.37. The van der Waals surface area contributed by atoms with Crippen LogP contribution in [0.2, 0.25) is 0 Å². The van der Waals surface area contributed by atoms with Crippen molar-refractivity contribution in [1.29, 1.82) is 0 Å². The summed E-state index contributed by atoms with van der Waals surface area (Å²) < 4.78 is 73.8. The quantitative estimate of drug-likeness (QED) is 0.444. The van der Waals surface area contributed by atoms with Gasteiger partial charge in [0.2, 0.25) is 0 Å². The molecule has 2 saturated heterocycles. The topological polar surface area (TPSA) is 78.7 Å². The summed E-state index contributed by atoms with van der Waals surface area (Å²) in [6, 6.07) is 2.37. The van der Waals surface area contributed by atoms with Crippen molar-refractivity contribution < 1.29 is 36.6 Å². The molecule has 2 aromatic rings. The summed E-state index contributed by atoms with van der Waals surface area (Å²) in [6.45, 7) is 6.55. The molecule has 0 spiro atoms. The molecule has 0 N–H and O–H groups in total. The molecule has 210 valence electrons. The summed E-state index contributed by atoms with van der Waals surface area (Å²) in [5.41, 5.74) is -1.22. The van der Waals surface area contributed by atoms with Crippen LogP contribution in [0.25, 0.3) is 11.3 Å². The number of carbonyl (C=O) groups excluding carboxylic acids is 1. The first-order valence-electron chi connectivity index (χ1n) is 12.9. The van der Waals surface area contributed by atoms with Crippen molar-refractivity contribution in [1.82, 2.24) is 19.4 Å². The van der Waals surface area contributed by atoms with E-state index in [1.165, 1.54) is 11.0 Å². The minimum absolute atomic E-state index is 0.165. The molecule has 4 rings (SSSR count). The third-order valence-electron chi connectivity index (χ3n) is 6.45. The molecule has 8 nitrogen and oxygen atoms in total. The van der Waals surface area contributed by atoms with Gasteiger partial charge >= 0.3 is 12.3 Å². The molecule has 0 aromatic carbocycles. The fourth-order valence-corrected chi connectivity index (χ4v) is 4.60. The van der Waals surface area contributed by atoms with Gasteiger partial charge in [-0.25, -0.2) is 14.2 Å². The van der Waals surface area contributed by atoms with Crippen LogP contribution in [-0.2, 0) is 26.9 Å². The van der Waals surface area contributed by atoms with Crippen LogP contribution < -0.4 is 0 Å². The number of piperidine rings is 1. The number of hydrogen-bond donors (Lipinski definition) is 0. The Hall–Kier alpha value is -2.73. The van der Waals surface area contributed by atoms with Crippen LogP contribution in [0.3, 0.4) is 0 Å². The van der Waals surface area contributed by atoms with E-state index in [-0.39, 0.29) is 43.7 Å². The number of ether oxygens (including phenoxy) is 3. The Kier molecular flexibility index (Phi) is 8.61. The third kappa shape index (κ3) is 7.22. The number of pyridine rings is 1. The predicted molar refractivity (Wildman–Crippen MR) is 130 cm³/mol. The van der Waals surface area contributed by atoms with Crippen LogP contribution in [0.5, 0.6) is 0 Å². The van der Waals surface area contributed by atoms with Gasteiger partial charge in [-0.1, -0.05) is 0 Å². The number of aromatic nitrogens is 3. The number of amides is 1. The van der Waals surface area contributed by atoms with Crippen molar-refractivity contribution in [2.24, 2.45) is 0 Å². The van der Waals surface area contributed by atoms with Crippen molar-refractivity contribution in [3.8, 4) is 11.3 Å². The molecule has 1 amide bonds. The Morgan fingerprint density at radius 3 is 2.66 bits per heavy atom. The SMILES string of the molecule is CC(C)(C)OC(=O)N1CC[C@@H](c2nc(-c3ccnc(C(F)(F)F)c3)cn2CCOC2CCCCO2)[C@@H](F)C1. The summed E-state index contributed by atoms with van der Waals surface area (Å²) in [7, 11) is 0. The maximum Gasteiger partial charge on any atom is 0.433 e. The van der Waals surface area contributed by atoms with Crippen molar-refractivity contribution in [2.75, 3.05) is 26.3 Å². The highest BCUT2D eigenvalue weighted by atomic mass is 19.4. The molecule has 0 aliphatic carbocycles. The highest BCUT2D eigenvalue weighted by Crippen LogP contribution is 2.34. The first kappa shape index (κ1) is 28.3. The van der Waals surface area contributed by atoms with Gasteiger partial charge in [-0.05, 0) is 58.6 Å². The minimum Gasteiger partial charge on any atom is -0.444 e. The predicted octanol–water partition coefficient (Wildman–Crippen LogP) is 5.57. The van der Waals surface area contributed by atoms with E-state index >= 15 is 4.39 Å². The molecule has 0 saturated carbocycles. The highest BCUT2D eigenvalue weighted by molar-refractivity contribution is 5.68. The molecule has 12 heteroatoms. The fourth-order valence-electron chi connectivity index (χ4n) is 4.60. The third-order valence-corrected chi connectivity index (χ3v) is 6.45. The molecule has 2 aliphatic rings. The second-order valence-corrected chi connectivity index (χ2v) is 10.6. The number of nitrogens with zero attached hydrogens (tertiary/aromatic N) is 4. The first-order valence-corrected chi connectivity index (χ1v) is 12.9. The number of alkyl halides is 4. The van der Waals surface area contributed by atoms with Gasteiger partial charge < -0.3 is 23.7 Å². The summed E-state index contributed by atoms with van der Waals surface area (Å²) >= 11 is 0. The molecular formula is C26H34F4N4O4. The van der Waals surface area contributed by atoms with Gasteiger partial charge in [0.05, 0.1) is 24.8 Å². The van der Waals surface area contributed by atoms with Crippen molar-refractivity contribution in [3.63, 3.8) is 0 Å². The Morgan fingerprint density at radius 1 is 1.21 bits per heavy atom. The molecule has 2 fully saturated rings. The summed E-state index contributed by atoms with van der Waals surface area (Å²) in [5.74, 6) is -0.257. The van der Waals surface area contributed by atoms with E-state index in [4.69, 9.17) is 14.2 Å². The lowest BCUT2D eigenvalue weighted by Crippen LogP contribution is -2.46. The van der Waals surface area contributed by atoms with Gasteiger partial charge in [0.15, 0.2) is 6.29 Å². The summed E-state index contributed by atoms with van der Waals surface area (Å²) in [4.78, 5) is 21.8. The van der Waals surface area contributed by atoms with E-state index in [1.807, 2.05) is 0 Å². The summed E-state index contributed by atoms with van der Waals surface area (Å²) in [6.07, 6.45) is -1.17. The smallest absolute Gasteiger partial charge is 0.433 e. The molecule has 4 heterocycles. The van der Waals surface area contributed by atoms with E-state index < -0.39 is 35.7 Å². The monoisotopic (exact) mass is 542 g/mol. The van der Waals surface area contributed by atoms with Crippen molar-refractivity contribution >= 4 is 6.09 Å². The van der Waals surface area contributed by atoms with Crippen LogP contribution in [0.4, 0.5) is 22.4 Å². The standard InChI is InChI=1S/C26H34F4N4O4/c1-25(2,3)38-24(35)34-10-8-18(19(27)15-34)23-32-20(17-7-9-31-21(14-17)26(28,29)30)16-33(23)11-13-37-22-6-4-5-12-36-22/h7,9,14,16,18-19,22H,4-6,8,10-13,15H2,1-3H3/t18-,19+,22?/m1/s1. The number of likely N-dealkylation sites (tertiary alicyclic amines) is 1. The van der Waals surface area contributed by atoms with Crippen LogP contribution in [0.1, 0.15) is 63.9 Å². The van der Waals surface area contributed by atoms with E-state index in [1.54, 1.807) is 31.5 Å². The normalized spacial score (nSPS) is 22.9.